The van der Waals surface area contributed by atoms with Crippen molar-refractivity contribution in [2.45, 2.75) is 13.1 Å². The van der Waals surface area contributed by atoms with Crippen molar-refractivity contribution < 1.29 is 4.79 Å². The summed E-state index contributed by atoms with van der Waals surface area (Å²) < 4.78 is 1.61. The Morgan fingerprint density at radius 1 is 1.06 bits per heavy atom. The predicted molar refractivity (Wildman–Crippen MR) is 122 cm³/mol. The van der Waals surface area contributed by atoms with Crippen molar-refractivity contribution in [1.82, 2.24) is 30.2 Å². The van der Waals surface area contributed by atoms with E-state index in [4.69, 9.17) is 11.6 Å². The van der Waals surface area contributed by atoms with Gasteiger partial charge in [-0.1, -0.05) is 41.1 Å². The van der Waals surface area contributed by atoms with Crippen molar-refractivity contribution in [3.63, 3.8) is 0 Å². The monoisotopic (exact) mass is 443 g/mol. The molecule has 1 N–H and O–H groups in total. The number of benzene rings is 2. The summed E-state index contributed by atoms with van der Waals surface area (Å²) >= 11 is 6.17. The molecule has 1 amide bonds. The number of aromatic nitrogens is 6. The van der Waals surface area contributed by atoms with Gasteiger partial charge in [0, 0.05) is 16.8 Å². The zero-order valence-electron chi connectivity index (χ0n) is 16.9. The number of nitrogens with zero attached hydrogens (tertiary/aromatic N) is 6. The lowest BCUT2D eigenvalue weighted by Gasteiger charge is -2.23. The van der Waals surface area contributed by atoms with Gasteiger partial charge >= 0.3 is 0 Å². The normalized spacial score (nSPS) is 11.0. The third-order valence-electron chi connectivity index (χ3n) is 5.09. The summed E-state index contributed by atoms with van der Waals surface area (Å²) in [6, 6.07) is 18.7. The summed E-state index contributed by atoms with van der Waals surface area (Å²) in [5.41, 5.74) is 4.77. The second-order valence-corrected chi connectivity index (χ2v) is 7.67. The minimum absolute atomic E-state index is 0.0462. The topological polar surface area (TPSA) is 92.6 Å². The molecule has 0 bridgehead atoms. The van der Waals surface area contributed by atoms with Crippen LogP contribution < -0.4 is 4.90 Å². The van der Waals surface area contributed by atoms with Gasteiger partial charge in [-0.2, -0.15) is 5.10 Å². The summed E-state index contributed by atoms with van der Waals surface area (Å²) in [5, 5.41) is 15.6. The van der Waals surface area contributed by atoms with E-state index in [2.05, 4.69) is 25.5 Å². The molecule has 0 atom stereocenters. The SMILES string of the molecule is O=C(Cn1nnc2ccccc21)N(Cc1cccc(Cl)c1)c1ccc(-c2cn[nH]c2)nc1. The Morgan fingerprint density at radius 2 is 1.97 bits per heavy atom. The highest BCUT2D eigenvalue weighted by Gasteiger charge is 2.19. The van der Waals surface area contributed by atoms with Crippen molar-refractivity contribution in [3.8, 4) is 11.3 Å². The molecule has 158 valence electrons. The average Bonchev–Trinajstić information content (AvgIpc) is 3.49. The summed E-state index contributed by atoms with van der Waals surface area (Å²) in [4.78, 5) is 19.6. The van der Waals surface area contributed by atoms with Crippen LogP contribution in [-0.4, -0.2) is 36.1 Å². The van der Waals surface area contributed by atoms with E-state index in [1.807, 2.05) is 54.6 Å². The van der Waals surface area contributed by atoms with Crippen LogP contribution in [0.5, 0.6) is 0 Å². The molecule has 2 aromatic carbocycles. The molecule has 0 aliphatic carbocycles. The van der Waals surface area contributed by atoms with Crippen molar-refractivity contribution in [2.24, 2.45) is 0 Å². The number of halogens is 1. The number of hydrogen-bond donors (Lipinski definition) is 1. The number of anilines is 1. The van der Waals surface area contributed by atoms with Gasteiger partial charge in [-0.25, -0.2) is 4.68 Å². The number of aromatic amines is 1. The molecule has 8 nitrogen and oxygen atoms in total. The Balaban J connectivity index is 1.46. The van der Waals surface area contributed by atoms with Crippen LogP contribution in [-0.2, 0) is 17.9 Å². The molecule has 0 fully saturated rings. The molecule has 0 radical (unpaired) electrons. The summed E-state index contributed by atoms with van der Waals surface area (Å²) in [5.74, 6) is -0.140. The average molecular weight is 444 g/mol. The van der Waals surface area contributed by atoms with Crippen LogP contribution in [0.25, 0.3) is 22.3 Å². The lowest BCUT2D eigenvalue weighted by Crippen LogP contribution is -2.33. The molecule has 32 heavy (non-hydrogen) atoms. The summed E-state index contributed by atoms with van der Waals surface area (Å²) in [6.07, 6.45) is 5.16. The Kier molecular flexibility index (Phi) is 5.35. The Bertz CT molecular complexity index is 1360. The van der Waals surface area contributed by atoms with Crippen LogP contribution in [0.3, 0.4) is 0 Å². The maximum Gasteiger partial charge on any atom is 0.249 e. The van der Waals surface area contributed by atoms with Crippen LogP contribution in [0.2, 0.25) is 5.02 Å². The molecule has 3 heterocycles. The molecule has 0 saturated carbocycles. The summed E-state index contributed by atoms with van der Waals surface area (Å²) in [7, 11) is 0. The molecule has 9 heteroatoms. The number of rotatable bonds is 6. The first kappa shape index (κ1) is 19.9. The van der Waals surface area contributed by atoms with E-state index in [1.54, 1.807) is 34.2 Å². The molecule has 5 rings (SSSR count). The quantitative estimate of drug-likeness (QED) is 0.426. The van der Waals surface area contributed by atoms with E-state index < -0.39 is 0 Å². The standard InChI is InChI=1S/C23H18ClN7O/c24-18-5-3-4-16(10-18)14-30(19-8-9-20(25-13-19)17-11-26-27-12-17)23(32)15-31-22-7-2-1-6-21(22)28-29-31/h1-13H,14-15H2,(H,26,27). The van der Waals surface area contributed by atoms with Crippen molar-refractivity contribution >= 4 is 34.2 Å². The van der Waals surface area contributed by atoms with Gasteiger partial charge in [0.05, 0.1) is 35.8 Å². The number of para-hydroxylation sites is 1. The second-order valence-electron chi connectivity index (χ2n) is 7.23. The van der Waals surface area contributed by atoms with E-state index in [9.17, 15) is 4.79 Å². The molecule has 0 saturated heterocycles. The molecule has 3 aromatic heterocycles. The lowest BCUT2D eigenvalue weighted by molar-refractivity contribution is -0.119. The van der Waals surface area contributed by atoms with Gasteiger partial charge in [0.25, 0.3) is 0 Å². The Morgan fingerprint density at radius 3 is 2.75 bits per heavy atom. The van der Waals surface area contributed by atoms with E-state index in [0.717, 1.165) is 27.9 Å². The van der Waals surface area contributed by atoms with Gasteiger partial charge in [0.2, 0.25) is 5.91 Å². The fourth-order valence-corrected chi connectivity index (χ4v) is 3.71. The largest absolute Gasteiger partial charge is 0.305 e. The first-order valence-electron chi connectivity index (χ1n) is 9.95. The van der Waals surface area contributed by atoms with E-state index >= 15 is 0 Å². The van der Waals surface area contributed by atoms with Crippen LogP contribution in [0.4, 0.5) is 5.69 Å². The molecule has 0 aliphatic heterocycles. The maximum absolute atomic E-state index is 13.4. The zero-order chi connectivity index (χ0) is 21.9. The molecule has 0 unspecified atom stereocenters. The highest BCUT2D eigenvalue weighted by Crippen LogP contribution is 2.23. The molecule has 0 spiro atoms. The van der Waals surface area contributed by atoms with Gasteiger partial charge in [-0.15, -0.1) is 5.10 Å². The van der Waals surface area contributed by atoms with Gasteiger partial charge < -0.3 is 4.90 Å². The van der Waals surface area contributed by atoms with E-state index in [0.29, 0.717) is 17.3 Å². The smallest absolute Gasteiger partial charge is 0.249 e. The first-order valence-corrected chi connectivity index (χ1v) is 10.3. The highest BCUT2D eigenvalue weighted by atomic mass is 35.5. The number of carbonyl (C=O) groups is 1. The molecule has 0 aliphatic rings. The number of nitrogens with one attached hydrogen (secondary N) is 1. The number of carbonyl (C=O) groups excluding carboxylic acids is 1. The third kappa shape index (κ3) is 4.08. The van der Waals surface area contributed by atoms with Gasteiger partial charge in [0.15, 0.2) is 0 Å². The number of H-pyrrole nitrogens is 1. The van der Waals surface area contributed by atoms with Gasteiger partial charge in [-0.05, 0) is 42.0 Å². The third-order valence-corrected chi connectivity index (χ3v) is 5.32. The van der Waals surface area contributed by atoms with Crippen LogP contribution in [0.1, 0.15) is 5.56 Å². The Hall–Kier alpha value is -4.04. The fourth-order valence-electron chi connectivity index (χ4n) is 3.50. The van der Waals surface area contributed by atoms with Crippen molar-refractivity contribution in [2.75, 3.05) is 4.90 Å². The van der Waals surface area contributed by atoms with Crippen LogP contribution in [0.15, 0.2) is 79.3 Å². The summed E-state index contributed by atoms with van der Waals surface area (Å²) in [6.45, 7) is 0.392. The Labute approximate surface area is 188 Å². The van der Waals surface area contributed by atoms with E-state index in [-0.39, 0.29) is 12.5 Å². The number of hydrogen-bond acceptors (Lipinski definition) is 5. The number of pyridine rings is 1. The molecule has 5 aromatic rings. The predicted octanol–water partition coefficient (Wildman–Crippen LogP) is 4.10. The number of amides is 1. The van der Waals surface area contributed by atoms with Gasteiger partial charge in [0.1, 0.15) is 12.1 Å². The van der Waals surface area contributed by atoms with Crippen LogP contribution >= 0.6 is 11.6 Å². The van der Waals surface area contributed by atoms with Gasteiger partial charge in [-0.3, -0.25) is 14.9 Å². The second kappa shape index (κ2) is 8.60. The highest BCUT2D eigenvalue weighted by molar-refractivity contribution is 6.30. The first-order chi connectivity index (χ1) is 15.7. The van der Waals surface area contributed by atoms with Crippen molar-refractivity contribution in [1.29, 1.82) is 0 Å². The minimum Gasteiger partial charge on any atom is -0.305 e. The van der Waals surface area contributed by atoms with E-state index in [1.165, 1.54) is 0 Å². The zero-order valence-corrected chi connectivity index (χ0v) is 17.6. The maximum atomic E-state index is 13.4. The molecular formula is C23H18ClN7O. The molecular weight excluding hydrogens is 426 g/mol. The lowest BCUT2D eigenvalue weighted by atomic mass is 10.2. The van der Waals surface area contributed by atoms with Crippen LogP contribution in [0, 0.1) is 0 Å². The van der Waals surface area contributed by atoms with Crippen molar-refractivity contribution in [3.05, 3.63) is 89.8 Å². The fraction of sp³-hybridized carbons (Fsp3) is 0.0870. The minimum atomic E-state index is -0.140. The number of fused-ring (bicyclic) bond motifs is 1.